The number of likely N-dealkylation sites (N-methyl/N-ethyl adjacent to an activating group) is 1. The molecule has 2 saturated carbocycles. The molecule has 5 rings (SSSR count). The Morgan fingerprint density at radius 2 is 1.78 bits per heavy atom. The zero-order valence-electron chi connectivity index (χ0n) is 20.4. The Morgan fingerprint density at radius 3 is 2.38 bits per heavy atom. The Kier molecular flexibility index (Phi) is 5.98. The molecule has 0 radical (unpaired) electrons. The normalized spacial score (nSPS) is 35.8. The Hall–Kier alpha value is -3.19. The fraction of sp³-hybridized carbons (Fsp3) is 0.560. The van der Waals surface area contributed by atoms with Crippen LogP contribution in [0, 0.1) is 23.7 Å². The largest absolute Gasteiger partial charge is 0.505 e. The van der Waals surface area contributed by atoms with Gasteiger partial charge in [0, 0.05) is 19.0 Å². The van der Waals surface area contributed by atoms with Gasteiger partial charge in [0.1, 0.15) is 5.75 Å². The van der Waals surface area contributed by atoms with Crippen molar-refractivity contribution < 1.29 is 44.0 Å². The maximum Gasteiger partial charge on any atom is 0.235 e. The molecule has 2 unspecified atom stereocenters. The minimum Gasteiger partial charge on any atom is -0.505 e. The van der Waals surface area contributed by atoms with E-state index >= 15 is 0 Å². The maximum absolute atomic E-state index is 13.8. The molecule has 5 N–H and O–H groups in total. The van der Waals surface area contributed by atoms with E-state index in [0.717, 1.165) is 0 Å². The second-order valence-electron chi connectivity index (χ2n) is 10.4. The first-order valence-electron chi connectivity index (χ1n) is 12.1. The molecule has 12 heteroatoms. The molecule has 1 aliphatic heterocycles. The zero-order valence-corrected chi connectivity index (χ0v) is 20.4. The lowest BCUT2D eigenvalue weighted by atomic mass is 9.51. The standard InChI is InChI=1S/C25H29N3O9/c1-27(2)17-16-18(29)11-9-10-3-4-12(28-5-7-37-8-6-28)19(30)13(10)20(31)14(11)22(33)25(16,36)23(34)15(21(17)32)24(26)35/h3-4,11,14-18,29-30,36H,5-9H2,1-2H3,(H2,26,35)/t11-,14?,15?,16-,17+,18+,25+/m1/s1. The summed E-state index contributed by atoms with van der Waals surface area (Å²) in [6, 6.07) is 1.93. The SMILES string of the molecule is CN(C)[C@@H]1C(=O)C(C(N)=O)C(=O)[C@@]2(O)C(=O)C3C(=O)c4c(ccc(N5CCOCC5)c4O)C[C@H]3[C@H](O)[C@@H]12. The summed E-state index contributed by atoms with van der Waals surface area (Å²) in [5, 5.41) is 34.1. The summed E-state index contributed by atoms with van der Waals surface area (Å²) < 4.78 is 5.34. The zero-order chi connectivity index (χ0) is 27.0. The number of benzene rings is 1. The highest BCUT2D eigenvalue weighted by molar-refractivity contribution is 6.32. The third-order valence-electron chi connectivity index (χ3n) is 8.35. The molecule has 0 bridgehead atoms. The molecule has 0 aromatic heterocycles. The number of rotatable bonds is 3. The molecule has 37 heavy (non-hydrogen) atoms. The van der Waals surface area contributed by atoms with Crippen LogP contribution in [0.25, 0.3) is 0 Å². The first-order valence-corrected chi connectivity index (χ1v) is 12.1. The highest BCUT2D eigenvalue weighted by Crippen LogP contribution is 2.51. The number of carbonyl (C=O) groups excluding carboxylic acids is 5. The molecule has 198 valence electrons. The minimum atomic E-state index is -2.99. The topological polar surface area (TPSA) is 188 Å². The van der Waals surface area contributed by atoms with Gasteiger partial charge in [0.05, 0.1) is 48.4 Å². The molecule has 1 aromatic rings. The monoisotopic (exact) mass is 515 g/mol. The van der Waals surface area contributed by atoms with Crippen LogP contribution in [0.3, 0.4) is 0 Å². The van der Waals surface area contributed by atoms with Crippen molar-refractivity contribution in [2.24, 2.45) is 29.4 Å². The predicted molar refractivity (Wildman–Crippen MR) is 126 cm³/mol. The number of nitrogens with zero attached hydrogens (tertiary/aromatic N) is 2. The lowest BCUT2D eigenvalue weighted by molar-refractivity contribution is -0.195. The molecular formula is C25H29N3O9. The average molecular weight is 516 g/mol. The number of fused-ring (bicyclic) bond motifs is 3. The number of morpholine rings is 1. The number of aliphatic hydroxyl groups excluding tert-OH is 1. The van der Waals surface area contributed by atoms with Gasteiger partial charge in [-0.25, -0.2) is 0 Å². The highest BCUT2D eigenvalue weighted by atomic mass is 16.5. The van der Waals surface area contributed by atoms with E-state index in [9.17, 15) is 39.3 Å². The molecule has 12 nitrogen and oxygen atoms in total. The van der Waals surface area contributed by atoms with Crippen LogP contribution in [0.1, 0.15) is 15.9 Å². The van der Waals surface area contributed by atoms with E-state index in [2.05, 4.69) is 0 Å². The molecule has 3 aliphatic carbocycles. The number of primary amides is 1. The number of ketones is 4. The van der Waals surface area contributed by atoms with Crippen molar-refractivity contribution in [3.8, 4) is 5.75 Å². The van der Waals surface area contributed by atoms with Crippen molar-refractivity contribution in [2.75, 3.05) is 45.3 Å². The van der Waals surface area contributed by atoms with Crippen molar-refractivity contribution in [1.82, 2.24) is 4.90 Å². The van der Waals surface area contributed by atoms with Crippen LogP contribution in [0.4, 0.5) is 5.69 Å². The number of ether oxygens (including phenoxy) is 1. The average Bonchev–Trinajstić information content (AvgIpc) is 2.84. The van der Waals surface area contributed by atoms with Crippen LogP contribution >= 0.6 is 0 Å². The number of carbonyl (C=O) groups is 5. The molecule has 3 fully saturated rings. The van der Waals surface area contributed by atoms with Gasteiger partial charge in [0.2, 0.25) is 5.91 Å². The number of aliphatic hydroxyl groups is 2. The van der Waals surface area contributed by atoms with Gasteiger partial charge in [-0.2, -0.15) is 0 Å². The van der Waals surface area contributed by atoms with E-state index in [0.29, 0.717) is 37.6 Å². The van der Waals surface area contributed by atoms with Crippen LogP contribution in [-0.2, 0) is 30.3 Å². The fourth-order valence-corrected chi connectivity index (χ4v) is 6.64. The van der Waals surface area contributed by atoms with Crippen molar-refractivity contribution in [3.63, 3.8) is 0 Å². The van der Waals surface area contributed by atoms with Gasteiger partial charge in [-0.15, -0.1) is 0 Å². The Morgan fingerprint density at radius 1 is 1.14 bits per heavy atom. The summed E-state index contributed by atoms with van der Waals surface area (Å²) >= 11 is 0. The molecule has 4 aliphatic rings. The van der Waals surface area contributed by atoms with E-state index in [-0.39, 0.29) is 17.7 Å². The Labute approximate surface area is 212 Å². The number of amides is 1. The van der Waals surface area contributed by atoms with Gasteiger partial charge in [-0.3, -0.25) is 28.9 Å². The van der Waals surface area contributed by atoms with Gasteiger partial charge in [-0.1, -0.05) is 6.07 Å². The summed E-state index contributed by atoms with van der Waals surface area (Å²) in [6.07, 6.45) is -1.63. The van der Waals surface area contributed by atoms with Gasteiger partial charge in [-0.05, 0) is 32.1 Å². The number of phenols is 1. The molecular weight excluding hydrogens is 486 g/mol. The fourth-order valence-electron chi connectivity index (χ4n) is 6.64. The number of nitrogens with two attached hydrogens (primary N) is 1. The van der Waals surface area contributed by atoms with Crippen molar-refractivity contribution in [1.29, 1.82) is 0 Å². The second-order valence-corrected chi connectivity index (χ2v) is 10.4. The molecule has 1 aromatic carbocycles. The number of anilines is 1. The van der Waals surface area contributed by atoms with Crippen molar-refractivity contribution in [3.05, 3.63) is 23.3 Å². The number of Topliss-reactive ketones (excluding diaryl/α,β-unsaturated/α-hetero) is 4. The molecule has 1 amide bonds. The van der Waals surface area contributed by atoms with Crippen LogP contribution in [0.15, 0.2) is 12.1 Å². The Balaban J connectivity index is 1.63. The van der Waals surface area contributed by atoms with E-state index in [1.165, 1.54) is 19.0 Å². The van der Waals surface area contributed by atoms with Gasteiger partial charge >= 0.3 is 0 Å². The first kappa shape index (κ1) is 25.5. The summed E-state index contributed by atoms with van der Waals surface area (Å²) in [4.78, 5) is 69.2. The predicted octanol–water partition coefficient (Wildman–Crippen LogP) is -2.33. The quantitative estimate of drug-likeness (QED) is 0.316. The minimum absolute atomic E-state index is 0.00996. The smallest absolute Gasteiger partial charge is 0.235 e. The van der Waals surface area contributed by atoms with Crippen molar-refractivity contribution >= 4 is 34.7 Å². The van der Waals surface area contributed by atoms with Gasteiger partial charge in [0.15, 0.2) is 34.7 Å². The van der Waals surface area contributed by atoms with E-state index in [1.54, 1.807) is 12.1 Å². The molecule has 0 spiro atoms. The van der Waals surface area contributed by atoms with Gasteiger partial charge < -0.3 is 30.7 Å². The van der Waals surface area contributed by atoms with E-state index < -0.39 is 70.5 Å². The third-order valence-corrected chi connectivity index (χ3v) is 8.35. The molecule has 1 saturated heterocycles. The van der Waals surface area contributed by atoms with E-state index in [1.807, 2.05) is 4.90 Å². The highest BCUT2D eigenvalue weighted by Gasteiger charge is 2.72. The third kappa shape index (κ3) is 3.39. The van der Waals surface area contributed by atoms with Crippen molar-refractivity contribution in [2.45, 2.75) is 24.2 Å². The molecule has 1 heterocycles. The lowest BCUT2D eigenvalue weighted by Crippen LogP contribution is -2.77. The van der Waals surface area contributed by atoms with Crippen LogP contribution < -0.4 is 10.6 Å². The number of aromatic hydroxyl groups is 1. The van der Waals surface area contributed by atoms with Gasteiger partial charge in [0.25, 0.3) is 0 Å². The lowest BCUT2D eigenvalue weighted by Gasteiger charge is -2.54. The van der Waals surface area contributed by atoms with E-state index in [4.69, 9.17) is 10.5 Å². The summed E-state index contributed by atoms with van der Waals surface area (Å²) in [5.41, 5.74) is 2.99. The van der Waals surface area contributed by atoms with Crippen LogP contribution in [0.5, 0.6) is 5.75 Å². The maximum atomic E-state index is 13.8. The summed E-state index contributed by atoms with van der Waals surface area (Å²) in [5.74, 6) is -12.5. The Bertz CT molecular complexity index is 1220. The number of phenolic OH excluding ortho intramolecular Hbond substituents is 1. The number of hydrogen-bond acceptors (Lipinski definition) is 11. The summed E-state index contributed by atoms with van der Waals surface area (Å²) in [7, 11) is 2.90. The number of hydrogen-bond donors (Lipinski definition) is 4. The second kappa shape index (κ2) is 8.69. The molecule has 7 atom stereocenters. The van der Waals surface area contributed by atoms with Crippen LogP contribution in [-0.4, -0.2) is 107 Å². The van der Waals surface area contributed by atoms with Crippen LogP contribution in [0.2, 0.25) is 0 Å². The first-order chi connectivity index (χ1) is 17.4. The summed E-state index contributed by atoms with van der Waals surface area (Å²) in [6.45, 7) is 1.83.